The molecule has 162 valence electrons. The summed E-state index contributed by atoms with van der Waals surface area (Å²) in [7, 11) is 0. The number of nitrogens with zero attached hydrogens (tertiary/aromatic N) is 2. The number of amides is 2. The molecule has 1 atom stereocenters. The molecule has 0 saturated carbocycles. The second-order valence-electron chi connectivity index (χ2n) is 6.68. The Morgan fingerprint density at radius 2 is 1.84 bits per heavy atom. The Hall–Kier alpha value is -3.40. The Bertz CT molecular complexity index is 1070. The first kappa shape index (κ1) is 22.3. The van der Waals surface area contributed by atoms with Crippen LogP contribution in [0.1, 0.15) is 45.4 Å². The summed E-state index contributed by atoms with van der Waals surface area (Å²) in [5.41, 5.74) is 0.368. The van der Waals surface area contributed by atoms with Crippen molar-refractivity contribution in [2.45, 2.75) is 32.9 Å². The molecular formula is C21H20F2N4O3S. The third-order valence-corrected chi connectivity index (χ3v) is 5.20. The molecule has 7 nitrogen and oxygen atoms in total. The van der Waals surface area contributed by atoms with E-state index in [0.717, 1.165) is 29.9 Å². The highest BCUT2D eigenvalue weighted by Gasteiger charge is 2.16. The fourth-order valence-electron chi connectivity index (χ4n) is 2.43. The van der Waals surface area contributed by atoms with Crippen molar-refractivity contribution in [3.8, 4) is 5.75 Å². The Labute approximate surface area is 181 Å². The van der Waals surface area contributed by atoms with Gasteiger partial charge in [0.05, 0.1) is 5.69 Å². The van der Waals surface area contributed by atoms with Crippen molar-refractivity contribution >= 4 is 28.8 Å². The van der Waals surface area contributed by atoms with Crippen LogP contribution in [-0.2, 0) is 6.61 Å². The average molecular weight is 446 g/mol. The number of anilines is 1. The maximum Gasteiger partial charge on any atom is 0.286 e. The summed E-state index contributed by atoms with van der Waals surface area (Å²) in [6.45, 7) is 3.99. The molecule has 0 spiro atoms. The van der Waals surface area contributed by atoms with Gasteiger partial charge in [0.2, 0.25) is 5.01 Å². The molecule has 31 heavy (non-hydrogen) atoms. The second-order valence-corrected chi connectivity index (χ2v) is 7.74. The van der Waals surface area contributed by atoms with Crippen LogP contribution >= 0.6 is 11.3 Å². The lowest BCUT2D eigenvalue weighted by atomic mass is 10.2. The number of carbonyl (C=O) groups is 2. The Morgan fingerprint density at radius 1 is 1.10 bits per heavy atom. The van der Waals surface area contributed by atoms with Crippen LogP contribution in [0, 0.1) is 11.6 Å². The molecule has 0 unspecified atom stereocenters. The van der Waals surface area contributed by atoms with Crippen molar-refractivity contribution in [3.05, 3.63) is 69.7 Å². The first-order valence-electron chi connectivity index (χ1n) is 9.48. The molecule has 0 radical (unpaired) electrons. The molecule has 2 aromatic carbocycles. The molecule has 2 N–H and O–H groups in total. The van der Waals surface area contributed by atoms with Gasteiger partial charge < -0.3 is 15.4 Å². The molecule has 0 fully saturated rings. The zero-order valence-electron chi connectivity index (χ0n) is 16.8. The number of nitrogens with one attached hydrogen (secondary N) is 2. The molecule has 0 aliphatic heterocycles. The number of halogens is 2. The molecule has 0 aliphatic rings. The summed E-state index contributed by atoms with van der Waals surface area (Å²) in [5.74, 6) is -1.92. The first-order chi connectivity index (χ1) is 14.9. The van der Waals surface area contributed by atoms with E-state index in [4.69, 9.17) is 4.74 Å². The van der Waals surface area contributed by atoms with Crippen LogP contribution in [0.15, 0.2) is 42.5 Å². The number of aromatic nitrogens is 2. The second kappa shape index (κ2) is 10.1. The van der Waals surface area contributed by atoms with E-state index in [1.54, 1.807) is 24.3 Å². The van der Waals surface area contributed by atoms with Gasteiger partial charge in [0.25, 0.3) is 11.8 Å². The summed E-state index contributed by atoms with van der Waals surface area (Å²) in [4.78, 5) is 24.3. The van der Waals surface area contributed by atoms with Gasteiger partial charge in [-0.05, 0) is 49.7 Å². The first-order valence-corrected chi connectivity index (χ1v) is 10.3. The fourth-order valence-corrected chi connectivity index (χ4v) is 3.08. The van der Waals surface area contributed by atoms with Crippen LogP contribution in [0.5, 0.6) is 5.75 Å². The van der Waals surface area contributed by atoms with Crippen molar-refractivity contribution in [3.63, 3.8) is 0 Å². The summed E-state index contributed by atoms with van der Waals surface area (Å²) < 4.78 is 32.2. The van der Waals surface area contributed by atoms with Crippen LogP contribution in [0.4, 0.5) is 14.5 Å². The van der Waals surface area contributed by atoms with E-state index in [1.807, 2.05) is 13.8 Å². The Kier molecular flexibility index (Phi) is 7.24. The van der Waals surface area contributed by atoms with E-state index < -0.39 is 17.5 Å². The molecule has 10 heteroatoms. The summed E-state index contributed by atoms with van der Waals surface area (Å²) in [6, 6.07) is 9.57. The molecule has 0 aliphatic carbocycles. The normalized spacial score (nSPS) is 11.6. The lowest BCUT2D eigenvalue weighted by Gasteiger charge is -2.11. The zero-order chi connectivity index (χ0) is 22.4. The molecule has 0 bridgehead atoms. The van der Waals surface area contributed by atoms with Crippen molar-refractivity contribution < 1.29 is 23.1 Å². The van der Waals surface area contributed by atoms with Crippen molar-refractivity contribution in [1.82, 2.24) is 15.5 Å². The van der Waals surface area contributed by atoms with E-state index in [9.17, 15) is 18.4 Å². The third kappa shape index (κ3) is 6.05. The van der Waals surface area contributed by atoms with Gasteiger partial charge >= 0.3 is 0 Å². The van der Waals surface area contributed by atoms with Crippen LogP contribution in [0.2, 0.25) is 0 Å². The topological polar surface area (TPSA) is 93.2 Å². The predicted octanol–water partition coefficient (Wildman–Crippen LogP) is 4.18. The summed E-state index contributed by atoms with van der Waals surface area (Å²) in [5, 5.41) is 13.3. The highest BCUT2D eigenvalue weighted by Crippen LogP contribution is 2.19. The minimum atomic E-state index is -0.886. The molecule has 3 rings (SSSR count). The average Bonchev–Trinajstić information content (AvgIpc) is 3.23. The molecule has 3 aromatic rings. The third-order valence-electron chi connectivity index (χ3n) is 4.31. The maximum atomic E-state index is 13.7. The molecule has 0 saturated heterocycles. The maximum absolute atomic E-state index is 13.7. The van der Waals surface area contributed by atoms with Gasteiger partial charge in [-0.3, -0.25) is 9.59 Å². The minimum Gasteiger partial charge on any atom is -0.486 e. The highest BCUT2D eigenvalue weighted by atomic mass is 32.1. The summed E-state index contributed by atoms with van der Waals surface area (Å²) in [6.07, 6.45) is 0.841. The van der Waals surface area contributed by atoms with Crippen LogP contribution in [0.3, 0.4) is 0 Å². The van der Waals surface area contributed by atoms with Crippen LogP contribution in [0.25, 0.3) is 0 Å². The number of ether oxygens (including phenoxy) is 1. The van der Waals surface area contributed by atoms with Crippen molar-refractivity contribution in [2.24, 2.45) is 0 Å². The quantitative estimate of drug-likeness (QED) is 0.542. The van der Waals surface area contributed by atoms with Gasteiger partial charge in [0.15, 0.2) is 5.01 Å². The van der Waals surface area contributed by atoms with E-state index in [0.29, 0.717) is 22.4 Å². The number of benzene rings is 2. The lowest BCUT2D eigenvalue weighted by molar-refractivity contribution is 0.0938. The lowest BCUT2D eigenvalue weighted by Crippen LogP contribution is -2.31. The molecule has 1 heterocycles. The van der Waals surface area contributed by atoms with E-state index in [2.05, 4.69) is 20.8 Å². The fraction of sp³-hybridized carbons (Fsp3) is 0.238. The molecular weight excluding hydrogens is 426 g/mol. The van der Waals surface area contributed by atoms with Gasteiger partial charge in [-0.15, -0.1) is 10.2 Å². The Morgan fingerprint density at radius 3 is 2.52 bits per heavy atom. The predicted molar refractivity (Wildman–Crippen MR) is 112 cm³/mol. The zero-order valence-corrected chi connectivity index (χ0v) is 17.6. The smallest absolute Gasteiger partial charge is 0.286 e. The van der Waals surface area contributed by atoms with E-state index in [1.165, 1.54) is 0 Å². The van der Waals surface area contributed by atoms with Crippen molar-refractivity contribution in [2.75, 3.05) is 5.32 Å². The molecule has 2 amide bonds. The monoisotopic (exact) mass is 446 g/mol. The summed E-state index contributed by atoms with van der Waals surface area (Å²) >= 11 is 0.986. The van der Waals surface area contributed by atoms with Crippen LogP contribution in [-0.4, -0.2) is 28.1 Å². The van der Waals surface area contributed by atoms with Crippen molar-refractivity contribution in [1.29, 1.82) is 0 Å². The number of rotatable bonds is 8. The standard InChI is InChI=1S/C21H20F2N4O3S/c1-3-12(2)24-19(28)13-4-7-15(8-5-13)30-11-18-26-27-21(31-18)20(29)25-17-9-6-14(22)10-16(17)23/h4-10,12H,3,11H2,1-2H3,(H,24,28)(H,25,29)/t12-/m1/s1. The van der Waals surface area contributed by atoms with E-state index >= 15 is 0 Å². The molecule has 1 aromatic heterocycles. The van der Waals surface area contributed by atoms with Crippen LogP contribution < -0.4 is 15.4 Å². The largest absolute Gasteiger partial charge is 0.486 e. The highest BCUT2D eigenvalue weighted by molar-refractivity contribution is 7.13. The number of carbonyl (C=O) groups excluding carboxylic acids is 2. The van der Waals surface area contributed by atoms with Gasteiger partial charge in [0, 0.05) is 17.7 Å². The number of hydrogen-bond donors (Lipinski definition) is 2. The minimum absolute atomic E-state index is 0.0133. The Balaban J connectivity index is 1.55. The number of hydrogen-bond acceptors (Lipinski definition) is 6. The van der Waals surface area contributed by atoms with E-state index in [-0.39, 0.29) is 29.3 Å². The van der Waals surface area contributed by atoms with Gasteiger partial charge in [-0.2, -0.15) is 0 Å². The SMILES string of the molecule is CC[C@@H](C)NC(=O)c1ccc(OCc2nnc(C(=O)Nc3ccc(F)cc3F)s2)cc1. The van der Waals surface area contributed by atoms with Gasteiger partial charge in [-0.1, -0.05) is 18.3 Å². The van der Waals surface area contributed by atoms with Gasteiger partial charge in [0.1, 0.15) is 24.0 Å². The van der Waals surface area contributed by atoms with Gasteiger partial charge in [-0.25, -0.2) is 8.78 Å².